The maximum Gasteiger partial charge on any atom is 0.223 e. The average Bonchev–Trinajstić information content (AvgIpc) is 3.42. The van der Waals surface area contributed by atoms with Crippen molar-refractivity contribution in [2.24, 2.45) is 0 Å². The third kappa shape index (κ3) is 4.23. The van der Waals surface area contributed by atoms with E-state index in [1.165, 1.54) is 72.7 Å². The van der Waals surface area contributed by atoms with Gasteiger partial charge in [-0.1, -0.05) is 147 Å². The second-order valence-corrected chi connectivity index (χ2v) is 14.6. The monoisotopic (exact) mass is 640 g/mol. The first kappa shape index (κ1) is 29.1. The van der Waals surface area contributed by atoms with Crippen molar-refractivity contribution < 1.29 is 0 Å². The van der Waals surface area contributed by atoms with Gasteiger partial charge in [0.05, 0.1) is 6.04 Å². The van der Waals surface area contributed by atoms with Gasteiger partial charge in [-0.05, 0) is 98.0 Å². The first-order chi connectivity index (χ1) is 24.6. The Bertz CT molecular complexity index is 2380. The van der Waals surface area contributed by atoms with E-state index in [1.54, 1.807) is 0 Å². The molecule has 2 unspecified atom stereocenters. The molecule has 0 N–H and O–H groups in total. The number of anilines is 5. The highest BCUT2D eigenvalue weighted by Crippen LogP contribution is 2.62. The minimum Gasteiger partial charge on any atom is -0.335 e. The molecule has 10 rings (SSSR count). The highest BCUT2D eigenvalue weighted by atomic mass is 15.2. The van der Waals surface area contributed by atoms with E-state index in [0.717, 1.165) is 0 Å². The highest BCUT2D eigenvalue weighted by molar-refractivity contribution is 6.91. The van der Waals surface area contributed by atoms with Gasteiger partial charge in [-0.2, -0.15) is 0 Å². The normalized spacial score (nSPS) is 17.8. The van der Waals surface area contributed by atoms with E-state index in [2.05, 4.69) is 200 Å². The Kier molecular flexibility index (Phi) is 6.48. The quantitative estimate of drug-likeness (QED) is 0.177. The summed E-state index contributed by atoms with van der Waals surface area (Å²) in [5.41, 5.74) is 16.8. The van der Waals surface area contributed by atoms with Crippen LogP contribution in [-0.4, -0.2) is 6.71 Å². The van der Waals surface area contributed by atoms with Gasteiger partial charge in [0.25, 0.3) is 0 Å². The molecule has 1 aliphatic carbocycles. The molecule has 3 aliphatic rings. The van der Waals surface area contributed by atoms with Gasteiger partial charge in [0.2, 0.25) is 6.71 Å². The van der Waals surface area contributed by atoms with Crippen LogP contribution >= 0.6 is 0 Å². The van der Waals surface area contributed by atoms with Crippen LogP contribution in [0.1, 0.15) is 31.0 Å². The fraction of sp³-hybridized carbons (Fsp3) is 0.106. The summed E-state index contributed by atoms with van der Waals surface area (Å²) in [4.78, 5) is 5.21. The predicted octanol–water partition coefficient (Wildman–Crippen LogP) is 11.0. The number of nitrogens with zero attached hydrogens (tertiary/aromatic N) is 2. The van der Waals surface area contributed by atoms with Crippen molar-refractivity contribution in [3.63, 3.8) is 0 Å². The van der Waals surface area contributed by atoms with Crippen LogP contribution in [0.4, 0.5) is 28.4 Å². The zero-order chi connectivity index (χ0) is 33.4. The first-order valence-electron chi connectivity index (χ1n) is 17.8. The van der Waals surface area contributed by atoms with Gasteiger partial charge in [0.15, 0.2) is 0 Å². The lowest BCUT2D eigenvalue weighted by molar-refractivity contribution is 0.468. The Labute approximate surface area is 295 Å². The van der Waals surface area contributed by atoms with Gasteiger partial charge in [-0.25, -0.2) is 0 Å². The molecule has 2 heterocycles. The number of hydrogen-bond donors (Lipinski definition) is 0. The van der Waals surface area contributed by atoms with Gasteiger partial charge in [0.1, 0.15) is 0 Å². The van der Waals surface area contributed by atoms with Crippen molar-refractivity contribution in [1.29, 1.82) is 0 Å². The molecule has 0 saturated heterocycles. The van der Waals surface area contributed by atoms with Crippen LogP contribution in [0, 0.1) is 0 Å². The number of hydrogen-bond acceptors (Lipinski definition) is 2. The topological polar surface area (TPSA) is 6.48 Å². The molecule has 2 aliphatic heterocycles. The summed E-state index contributed by atoms with van der Waals surface area (Å²) >= 11 is 0. The molecule has 0 saturated carbocycles. The van der Waals surface area contributed by atoms with Gasteiger partial charge in [-0.3, -0.25) is 0 Å². The first-order valence-corrected chi connectivity index (χ1v) is 17.8. The third-order valence-corrected chi connectivity index (χ3v) is 11.6. The Hall–Kier alpha value is -5.80. The van der Waals surface area contributed by atoms with Crippen LogP contribution in [0.5, 0.6) is 0 Å². The lowest BCUT2D eigenvalue weighted by Gasteiger charge is -2.51. The maximum absolute atomic E-state index is 2.66. The van der Waals surface area contributed by atoms with Crippen LogP contribution in [-0.2, 0) is 5.41 Å². The lowest BCUT2D eigenvalue weighted by atomic mass is 9.26. The molecule has 0 fully saturated rings. The van der Waals surface area contributed by atoms with Crippen LogP contribution in [0.3, 0.4) is 0 Å². The Morgan fingerprint density at radius 1 is 0.480 bits per heavy atom. The molecule has 2 atom stereocenters. The van der Waals surface area contributed by atoms with Gasteiger partial charge in [0, 0.05) is 28.4 Å². The Morgan fingerprint density at radius 3 is 1.80 bits per heavy atom. The summed E-state index contributed by atoms with van der Waals surface area (Å²) < 4.78 is 0. The second-order valence-electron chi connectivity index (χ2n) is 14.6. The molecule has 0 aromatic heterocycles. The molecule has 0 radical (unpaired) electrons. The largest absolute Gasteiger partial charge is 0.335 e. The Morgan fingerprint density at radius 2 is 1.06 bits per heavy atom. The van der Waals surface area contributed by atoms with Crippen LogP contribution < -0.4 is 20.7 Å². The van der Waals surface area contributed by atoms with E-state index in [9.17, 15) is 0 Å². The average molecular weight is 641 g/mol. The highest BCUT2D eigenvalue weighted by Gasteiger charge is 2.59. The lowest BCUT2D eigenvalue weighted by Crippen LogP contribution is -2.61. The van der Waals surface area contributed by atoms with Crippen molar-refractivity contribution in [1.82, 2.24) is 0 Å². The van der Waals surface area contributed by atoms with E-state index in [0.29, 0.717) is 5.82 Å². The fourth-order valence-corrected chi connectivity index (χ4v) is 9.51. The van der Waals surface area contributed by atoms with Gasteiger partial charge >= 0.3 is 0 Å². The maximum atomic E-state index is 2.66. The number of benzene rings is 7. The molecule has 50 heavy (non-hydrogen) atoms. The second kappa shape index (κ2) is 11.1. The zero-order valence-corrected chi connectivity index (χ0v) is 28.4. The molecular weight excluding hydrogens is 603 g/mol. The molecule has 238 valence electrons. The summed E-state index contributed by atoms with van der Waals surface area (Å²) in [5.74, 6) is 0.313. The molecule has 2 nitrogen and oxygen atoms in total. The summed E-state index contributed by atoms with van der Waals surface area (Å²) in [6, 6.07) is 65.4. The summed E-state index contributed by atoms with van der Waals surface area (Å²) in [5, 5.41) is 0. The summed E-state index contributed by atoms with van der Waals surface area (Å²) in [6.07, 6.45) is 0. The van der Waals surface area contributed by atoms with Crippen LogP contribution in [0.15, 0.2) is 176 Å². The SMILES string of the molecule is CC1(C)c2ccccc2C2C1B1c3ccc(-c4ccccc4)cc3N(c3cccc(-c4ccccc4)c3)c3cccc(c31)N2c1ccccc1. The fourth-order valence-electron chi connectivity index (χ4n) is 9.51. The number of fused-ring (bicyclic) bond motifs is 6. The number of para-hydroxylation sites is 1. The van der Waals surface area contributed by atoms with Gasteiger partial charge in [-0.15, -0.1) is 0 Å². The summed E-state index contributed by atoms with van der Waals surface area (Å²) in [7, 11) is 0. The van der Waals surface area contributed by atoms with E-state index in [4.69, 9.17) is 0 Å². The minimum atomic E-state index is -0.0610. The van der Waals surface area contributed by atoms with Crippen molar-refractivity contribution >= 4 is 46.1 Å². The van der Waals surface area contributed by atoms with Crippen LogP contribution in [0.2, 0.25) is 5.82 Å². The van der Waals surface area contributed by atoms with Gasteiger partial charge < -0.3 is 9.80 Å². The minimum absolute atomic E-state index is 0.0610. The standard InChI is InChI=1S/C47H37BN2/c1-47(2)39-25-13-12-24-38(39)45-46(47)48-40-29-28-35(33-18-8-4-9-19-33)31-43(40)49(37-23-14-20-34(30-37)32-16-6-3-7-17-32)41-26-15-27-42(44(41)48)50(45)36-21-10-5-11-22-36/h3-31,45-46H,1-2H3. The molecule has 3 heteroatoms. The van der Waals surface area contributed by atoms with Crippen molar-refractivity contribution in [3.05, 3.63) is 187 Å². The van der Waals surface area contributed by atoms with E-state index in [-0.39, 0.29) is 18.2 Å². The van der Waals surface area contributed by atoms with E-state index >= 15 is 0 Å². The molecular formula is C47H37BN2. The van der Waals surface area contributed by atoms with E-state index < -0.39 is 0 Å². The third-order valence-electron chi connectivity index (χ3n) is 11.6. The molecule has 7 aromatic carbocycles. The van der Waals surface area contributed by atoms with Crippen molar-refractivity contribution in [2.45, 2.75) is 31.1 Å². The Balaban J connectivity index is 1.28. The molecule has 0 spiro atoms. The van der Waals surface area contributed by atoms with Crippen LogP contribution in [0.25, 0.3) is 22.3 Å². The smallest absolute Gasteiger partial charge is 0.223 e. The molecule has 7 aromatic rings. The van der Waals surface area contributed by atoms with Crippen molar-refractivity contribution in [3.8, 4) is 22.3 Å². The molecule has 0 bridgehead atoms. The zero-order valence-electron chi connectivity index (χ0n) is 28.4. The predicted molar refractivity (Wildman–Crippen MR) is 212 cm³/mol. The van der Waals surface area contributed by atoms with Crippen molar-refractivity contribution in [2.75, 3.05) is 9.80 Å². The molecule has 0 amide bonds. The number of rotatable bonds is 4. The summed E-state index contributed by atoms with van der Waals surface area (Å²) in [6.45, 7) is 5.18. The van der Waals surface area contributed by atoms with E-state index in [1.807, 2.05) is 0 Å².